The van der Waals surface area contributed by atoms with E-state index in [1.54, 1.807) is 0 Å². The highest BCUT2D eigenvalue weighted by molar-refractivity contribution is 9.09. The van der Waals surface area contributed by atoms with Crippen molar-refractivity contribution in [1.82, 2.24) is 0 Å². The van der Waals surface area contributed by atoms with Gasteiger partial charge in [-0.15, -0.1) is 0 Å². The van der Waals surface area contributed by atoms with Gasteiger partial charge in [0.2, 0.25) is 0 Å². The Morgan fingerprint density at radius 1 is 1.42 bits per heavy atom. The van der Waals surface area contributed by atoms with Crippen molar-refractivity contribution in [2.75, 3.05) is 12.4 Å². The standard InChI is InChI=1S/C2H5Br.C2H3F3O3S/c1-2-3;1-8-9(6,7)2(3,4)5/h2H2,1H3;1H3. The summed E-state index contributed by atoms with van der Waals surface area (Å²) in [6.45, 7) is 2.04. The van der Waals surface area contributed by atoms with E-state index in [4.69, 9.17) is 0 Å². The van der Waals surface area contributed by atoms with Crippen LogP contribution in [0.1, 0.15) is 6.92 Å². The molecule has 0 bridgehead atoms. The van der Waals surface area contributed by atoms with E-state index in [1.165, 1.54) is 0 Å². The largest absolute Gasteiger partial charge is 0.523 e. The minimum Gasteiger partial charge on any atom is -0.267 e. The van der Waals surface area contributed by atoms with E-state index in [0.717, 1.165) is 5.33 Å². The van der Waals surface area contributed by atoms with E-state index < -0.39 is 15.6 Å². The number of alkyl halides is 4. The van der Waals surface area contributed by atoms with Gasteiger partial charge in [0.1, 0.15) is 0 Å². The van der Waals surface area contributed by atoms with Gasteiger partial charge in [-0.1, -0.05) is 22.9 Å². The predicted molar refractivity (Wildman–Crippen MR) is 41.5 cm³/mol. The van der Waals surface area contributed by atoms with E-state index in [1.807, 2.05) is 6.92 Å². The number of hydrogen-bond acceptors (Lipinski definition) is 3. The second kappa shape index (κ2) is 5.76. The first-order valence-electron chi connectivity index (χ1n) is 2.65. The van der Waals surface area contributed by atoms with Crippen molar-refractivity contribution in [1.29, 1.82) is 0 Å². The Morgan fingerprint density at radius 2 is 1.67 bits per heavy atom. The molecule has 8 heteroatoms. The minimum atomic E-state index is -5.34. The van der Waals surface area contributed by atoms with Gasteiger partial charge in [-0.3, -0.25) is 4.18 Å². The molecule has 0 rings (SSSR count). The summed E-state index contributed by atoms with van der Waals surface area (Å²) in [7, 11) is -4.89. The molecule has 3 nitrogen and oxygen atoms in total. The fourth-order valence-corrected chi connectivity index (χ4v) is 0.283. The van der Waals surface area contributed by atoms with Gasteiger partial charge in [0.25, 0.3) is 0 Å². The minimum absolute atomic E-state index is 0.447. The molecule has 0 aromatic heterocycles. The zero-order valence-electron chi connectivity index (χ0n) is 6.35. The van der Waals surface area contributed by atoms with Crippen LogP contribution in [0.4, 0.5) is 13.2 Å². The second-order valence-corrected chi connectivity index (χ2v) is 4.16. The Bertz CT molecular complexity index is 198. The Balaban J connectivity index is 0. The third-order valence-corrected chi connectivity index (χ3v) is 1.51. The number of rotatable bonds is 1. The highest BCUT2D eigenvalue weighted by Crippen LogP contribution is 2.23. The second-order valence-electron chi connectivity index (χ2n) is 1.33. The molecule has 76 valence electrons. The third kappa shape index (κ3) is 5.78. The average molecular weight is 273 g/mol. The van der Waals surface area contributed by atoms with Crippen LogP contribution in [-0.2, 0) is 14.3 Å². The first-order chi connectivity index (χ1) is 5.22. The lowest BCUT2D eigenvalue weighted by atomic mass is 11.0. The number of hydrogen-bond donors (Lipinski definition) is 0. The van der Waals surface area contributed by atoms with Crippen LogP contribution >= 0.6 is 15.9 Å². The average Bonchev–Trinajstić information content (AvgIpc) is 1.87. The van der Waals surface area contributed by atoms with Gasteiger partial charge in [-0.2, -0.15) is 21.6 Å². The van der Waals surface area contributed by atoms with E-state index in [2.05, 4.69) is 20.1 Å². The van der Waals surface area contributed by atoms with Gasteiger partial charge in [0.05, 0.1) is 7.11 Å². The van der Waals surface area contributed by atoms with Crippen LogP contribution in [0.15, 0.2) is 0 Å². The van der Waals surface area contributed by atoms with Crippen LogP contribution in [0.5, 0.6) is 0 Å². The molecule has 0 unspecified atom stereocenters. The molecular weight excluding hydrogens is 265 g/mol. The summed E-state index contributed by atoms with van der Waals surface area (Å²) >= 11 is 3.15. The lowest BCUT2D eigenvalue weighted by molar-refractivity contribution is -0.0526. The van der Waals surface area contributed by atoms with Gasteiger partial charge < -0.3 is 0 Å². The highest BCUT2D eigenvalue weighted by atomic mass is 79.9. The molecule has 0 spiro atoms. The molecule has 0 N–H and O–H groups in total. The van der Waals surface area contributed by atoms with E-state index in [-0.39, 0.29) is 0 Å². The molecule has 12 heavy (non-hydrogen) atoms. The monoisotopic (exact) mass is 272 g/mol. The van der Waals surface area contributed by atoms with Crippen molar-refractivity contribution in [3.63, 3.8) is 0 Å². The Hall–Kier alpha value is 0.180. The van der Waals surface area contributed by atoms with Crippen molar-refractivity contribution in [3.8, 4) is 0 Å². The van der Waals surface area contributed by atoms with Gasteiger partial charge in [0, 0.05) is 5.33 Å². The van der Waals surface area contributed by atoms with Crippen molar-refractivity contribution in [3.05, 3.63) is 0 Å². The Morgan fingerprint density at radius 3 is 1.67 bits per heavy atom. The van der Waals surface area contributed by atoms with Crippen LogP contribution in [0.3, 0.4) is 0 Å². The summed E-state index contributed by atoms with van der Waals surface area (Å²) in [4.78, 5) is 0. The maximum atomic E-state index is 11.1. The first kappa shape index (κ1) is 14.7. The summed E-state index contributed by atoms with van der Waals surface area (Å²) in [6, 6.07) is 0. The van der Waals surface area contributed by atoms with Crippen LogP contribution < -0.4 is 0 Å². The SMILES string of the molecule is CCBr.COS(=O)(=O)C(F)(F)F. The van der Waals surface area contributed by atoms with Gasteiger partial charge in [0.15, 0.2) is 0 Å². The fourth-order valence-electron chi connectivity index (χ4n) is 0.0945. The molecule has 0 atom stereocenters. The maximum Gasteiger partial charge on any atom is 0.523 e. The summed E-state index contributed by atoms with van der Waals surface area (Å²) in [5.41, 5.74) is -5.30. The van der Waals surface area contributed by atoms with E-state index in [9.17, 15) is 21.6 Å². The fraction of sp³-hybridized carbons (Fsp3) is 1.00. The third-order valence-electron chi connectivity index (χ3n) is 0.503. The van der Waals surface area contributed by atoms with Crippen LogP contribution in [0.2, 0.25) is 0 Å². The molecule has 0 aliphatic heterocycles. The molecule has 0 aliphatic carbocycles. The summed E-state index contributed by atoms with van der Waals surface area (Å²) in [5, 5.41) is 1.06. The topological polar surface area (TPSA) is 43.4 Å². The predicted octanol–water partition coefficient (Wildman–Crippen LogP) is 1.88. The van der Waals surface area contributed by atoms with E-state index >= 15 is 0 Å². The summed E-state index contributed by atoms with van der Waals surface area (Å²) in [6.07, 6.45) is 0. The summed E-state index contributed by atoms with van der Waals surface area (Å²) in [5.74, 6) is 0. The number of halogens is 4. The lowest BCUT2D eigenvalue weighted by Crippen LogP contribution is -2.23. The van der Waals surface area contributed by atoms with Crippen molar-refractivity contribution in [2.45, 2.75) is 12.4 Å². The van der Waals surface area contributed by atoms with Gasteiger partial charge in [-0.05, 0) is 0 Å². The van der Waals surface area contributed by atoms with Crippen molar-refractivity contribution in [2.24, 2.45) is 0 Å². The van der Waals surface area contributed by atoms with Crippen LogP contribution in [0, 0.1) is 0 Å². The van der Waals surface area contributed by atoms with Gasteiger partial charge in [-0.25, -0.2) is 0 Å². The quantitative estimate of drug-likeness (QED) is 0.416. The van der Waals surface area contributed by atoms with E-state index in [0.29, 0.717) is 7.11 Å². The normalized spacial score (nSPS) is 11.8. The van der Waals surface area contributed by atoms with Crippen molar-refractivity contribution < 1.29 is 25.8 Å². The molecule has 0 saturated heterocycles. The molecule has 0 aromatic rings. The first-order valence-corrected chi connectivity index (χ1v) is 5.18. The van der Waals surface area contributed by atoms with Crippen LogP contribution in [0.25, 0.3) is 0 Å². The van der Waals surface area contributed by atoms with Crippen LogP contribution in [-0.4, -0.2) is 26.4 Å². The molecular formula is C4H8BrF3O3S. The molecule has 0 aromatic carbocycles. The lowest BCUT2D eigenvalue weighted by Gasteiger charge is -2.02. The van der Waals surface area contributed by atoms with Gasteiger partial charge >= 0.3 is 15.6 Å². The maximum absolute atomic E-state index is 11.1. The van der Waals surface area contributed by atoms with Crippen molar-refractivity contribution >= 4 is 26.0 Å². The zero-order valence-corrected chi connectivity index (χ0v) is 8.75. The Labute approximate surface area is 77.2 Å². The Kier molecular flexibility index (Phi) is 7.05. The molecule has 0 radical (unpaired) electrons. The highest BCUT2D eigenvalue weighted by Gasteiger charge is 2.46. The molecule has 0 heterocycles. The molecule has 0 aliphatic rings. The molecule has 0 amide bonds. The smallest absolute Gasteiger partial charge is 0.267 e. The molecule has 0 saturated carbocycles. The summed E-state index contributed by atoms with van der Waals surface area (Å²) < 4.78 is 55.9. The zero-order chi connectivity index (χ0) is 10.4. The molecule has 0 fully saturated rings.